The van der Waals surface area contributed by atoms with Gasteiger partial charge in [-0.15, -0.1) is 10.2 Å². The molecule has 0 radical (unpaired) electrons. The van der Waals surface area contributed by atoms with E-state index in [1.165, 1.54) is 17.0 Å². The Morgan fingerprint density at radius 3 is 2.74 bits per heavy atom. The van der Waals surface area contributed by atoms with Crippen LogP contribution in [0.3, 0.4) is 0 Å². The number of rotatable bonds is 5. The highest BCUT2D eigenvalue weighted by Gasteiger charge is 2.40. The third-order valence-electron chi connectivity index (χ3n) is 6.28. The normalized spacial score (nSPS) is 16.7. The number of ether oxygens (including phenoxy) is 1. The highest BCUT2D eigenvalue weighted by molar-refractivity contribution is 6.10. The first-order valence-corrected chi connectivity index (χ1v) is 10.9. The summed E-state index contributed by atoms with van der Waals surface area (Å²) in [6.07, 6.45) is -0.393. The highest BCUT2D eigenvalue weighted by Crippen LogP contribution is 2.39. The molecule has 0 unspecified atom stereocenters. The van der Waals surface area contributed by atoms with Gasteiger partial charge in [0.05, 0.1) is 31.0 Å². The topological polar surface area (TPSA) is 73.1 Å². The van der Waals surface area contributed by atoms with E-state index in [9.17, 15) is 18.0 Å². The zero-order valence-corrected chi connectivity index (χ0v) is 18.6. The second-order valence-electron chi connectivity index (χ2n) is 8.57. The van der Waals surface area contributed by atoms with E-state index < -0.39 is 17.6 Å². The van der Waals surface area contributed by atoms with Crippen LogP contribution >= 0.6 is 0 Å². The number of aryl methyl sites for hydroxylation is 1. The monoisotopic (exact) mass is 469 g/mol. The minimum absolute atomic E-state index is 0.00265. The van der Waals surface area contributed by atoms with Crippen molar-refractivity contribution in [1.29, 1.82) is 0 Å². The smallest absolute Gasteiger partial charge is 0.373 e. The first-order chi connectivity index (χ1) is 16.2. The Morgan fingerprint density at radius 1 is 1.24 bits per heavy atom. The third-order valence-corrected chi connectivity index (χ3v) is 6.28. The molecule has 2 aliphatic rings. The van der Waals surface area contributed by atoms with Gasteiger partial charge in [-0.1, -0.05) is 19.1 Å². The summed E-state index contributed by atoms with van der Waals surface area (Å²) in [5.74, 6) is 0.626. The largest absolute Gasteiger partial charge is 0.416 e. The Labute approximate surface area is 193 Å². The molecule has 34 heavy (non-hydrogen) atoms. The van der Waals surface area contributed by atoms with E-state index in [1.54, 1.807) is 12.4 Å². The number of carbonyl (C=O) groups is 1. The van der Waals surface area contributed by atoms with Crippen LogP contribution in [0.1, 0.15) is 51.4 Å². The Kier molecular flexibility index (Phi) is 5.47. The van der Waals surface area contributed by atoms with Gasteiger partial charge in [-0.05, 0) is 41.3 Å². The predicted octanol–water partition coefficient (Wildman–Crippen LogP) is 4.15. The Morgan fingerprint density at radius 2 is 2.06 bits per heavy atom. The number of benzene rings is 1. The minimum Gasteiger partial charge on any atom is -0.373 e. The van der Waals surface area contributed by atoms with Gasteiger partial charge in [0.15, 0.2) is 0 Å². The van der Waals surface area contributed by atoms with E-state index in [2.05, 4.69) is 15.2 Å². The van der Waals surface area contributed by atoms with Crippen molar-refractivity contribution in [2.24, 2.45) is 7.05 Å². The van der Waals surface area contributed by atoms with Crippen molar-refractivity contribution < 1.29 is 22.7 Å². The fraction of sp³-hybridized carbons (Fsp3) is 0.333. The lowest BCUT2D eigenvalue weighted by Gasteiger charge is -2.20. The van der Waals surface area contributed by atoms with Crippen LogP contribution in [0, 0.1) is 0 Å². The fourth-order valence-electron chi connectivity index (χ4n) is 4.36. The van der Waals surface area contributed by atoms with E-state index >= 15 is 0 Å². The maximum atomic E-state index is 13.6. The third kappa shape index (κ3) is 3.98. The van der Waals surface area contributed by atoms with Crippen LogP contribution in [0.4, 0.5) is 19.0 Å². The molecule has 0 fully saturated rings. The molecule has 3 aromatic rings. The number of nitrogens with zero attached hydrogens (tertiary/aromatic N) is 5. The highest BCUT2D eigenvalue weighted by atomic mass is 19.4. The number of fused-ring (bicyclic) bond motifs is 1. The van der Waals surface area contributed by atoms with Crippen molar-refractivity contribution in [3.63, 3.8) is 0 Å². The Hall–Kier alpha value is -3.53. The van der Waals surface area contributed by atoms with Crippen molar-refractivity contribution in [1.82, 2.24) is 19.7 Å². The molecule has 0 N–H and O–H groups in total. The average Bonchev–Trinajstić information content (AvgIpc) is 3.54. The summed E-state index contributed by atoms with van der Waals surface area (Å²) >= 11 is 0. The molecule has 4 heterocycles. The summed E-state index contributed by atoms with van der Waals surface area (Å²) in [5, 5.41) is 8.07. The molecule has 7 nitrogen and oxygen atoms in total. The van der Waals surface area contributed by atoms with E-state index in [1.807, 2.05) is 30.7 Å². The maximum absolute atomic E-state index is 13.6. The number of amides is 1. The minimum atomic E-state index is -4.54. The second-order valence-corrected chi connectivity index (χ2v) is 8.57. The molecular formula is C24H22F3N5O2. The van der Waals surface area contributed by atoms with Gasteiger partial charge in [0.1, 0.15) is 18.0 Å². The second kappa shape index (κ2) is 8.35. The summed E-state index contributed by atoms with van der Waals surface area (Å²) in [4.78, 5) is 19.1. The molecular weight excluding hydrogens is 447 g/mol. The number of hydrogen-bond donors (Lipinski definition) is 0. The van der Waals surface area contributed by atoms with Crippen LogP contribution in [0.25, 0.3) is 5.57 Å². The van der Waals surface area contributed by atoms with Gasteiger partial charge >= 0.3 is 6.18 Å². The molecule has 0 aliphatic carbocycles. The van der Waals surface area contributed by atoms with Crippen molar-refractivity contribution >= 4 is 17.3 Å². The van der Waals surface area contributed by atoms with Crippen LogP contribution in [0.5, 0.6) is 0 Å². The van der Waals surface area contributed by atoms with Gasteiger partial charge in [0.2, 0.25) is 0 Å². The van der Waals surface area contributed by atoms with E-state index in [4.69, 9.17) is 4.74 Å². The molecule has 0 spiro atoms. The van der Waals surface area contributed by atoms with Crippen LogP contribution in [0.2, 0.25) is 0 Å². The van der Waals surface area contributed by atoms with Crippen LogP contribution in [-0.4, -0.2) is 38.9 Å². The van der Waals surface area contributed by atoms with Crippen molar-refractivity contribution in [2.75, 3.05) is 18.1 Å². The molecule has 0 saturated heterocycles. The lowest BCUT2D eigenvalue weighted by atomic mass is 9.96. The van der Waals surface area contributed by atoms with E-state index in [0.717, 1.165) is 23.0 Å². The number of aromatic nitrogens is 4. The predicted molar refractivity (Wildman–Crippen MR) is 118 cm³/mol. The van der Waals surface area contributed by atoms with E-state index in [0.29, 0.717) is 31.1 Å². The maximum Gasteiger partial charge on any atom is 0.416 e. The molecule has 0 bridgehead atoms. The first kappa shape index (κ1) is 22.3. The van der Waals surface area contributed by atoms with Gasteiger partial charge in [-0.3, -0.25) is 9.69 Å². The zero-order chi connectivity index (χ0) is 24.0. The van der Waals surface area contributed by atoms with Crippen LogP contribution < -0.4 is 4.90 Å². The zero-order valence-electron chi connectivity index (χ0n) is 18.6. The summed E-state index contributed by atoms with van der Waals surface area (Å²) in [5.41, 5.74) is 1.67. The first-order valence-electron chi connectivity index (χ1n) is 10.9. The molecule has 1 aromatic carbocycles. The quantitative estimate of drug-likeness (QED) is 0.562. The number of carbonyl (C=O) groups excluding carboxylic acids is 1. The van der Waals surface area contributed by atoms with Gasteiger partial charge in [-0.2, -0.15) is 13.2 Å². The lowest BCUT2D eigenvalue weighted by Crippen LogP contribution is -2.25. The van der Waals surface area contributed by atoms with Gasteiger partial charge in [-0.25, -0.2) is 4.98 Å². The Balaban J connectivity index is 1.54. The van der Waals surface area contributed by atoms with Gasteiger partial charge < -0.3 is 9.30 Å². The summed E-state index contributed by atoms with van der Waals surface area (Å²) in [7, 11) is 1.87. The van der Waals surface area contributed by atoms with Crippen LogP contribution in [-0.2, 0) is 30.9 Å². The number of hydrogen-bond acceptors (Lipinski definition) is 5. The molecule has 1 amide bonds. The molecule has 2 aromatic heterocycles. The lowest BCUT2D eigenvalue weighted by molar-refractivity contribution is -0.138. The summed E-state index contributed by atoms with van der Waals surface area (Å²) in [6, 6.07) is 7.43. The molecule has 176 valence electrons. The summed E-state index contributed by atoms with van der Waals surface area (Å²) < 4.78 is 48.0. The standard InChI is InChI=1S/C24H22F3N5O2/c1-14(8-22-30-28-13-31(22)2)16-9-20(15-6-7-34-12-15)29-21(10-16)32-11-18-17(23(32)33)4-3-5-19(18)24(25,26)27/h3-6,9-10,13-14H,7-8,11-12H2,1-2H3/t14-/m1/s1. The molecule has 10 heteroatoms. The molecule has 5 rings (SSSR count). The molecule has 2 aliphatic heterocycles. The van der Waals surface area contributed by atoms with Gasteiger partial charge in [0.25, 0.3) is 5.91 Å². The van der Waals surface area contributed by atoms with Crippen LogP contribution in [0.15, 0.2) is 42.7 Å². The number of halogens is 3. The SMILES string of the molecule is C[C@H](Cc1nncn1C)c1cc(C2=CCOC2)nc(N2Cc3c(cccc3C(F)(F)F)C2=O)c1. The summed E-state index contributed by atoms with van der Waals surface area (Å²) in [6.45, 7) is 2.69. The number of pyridine rings is 1. The Bertz CT molecular complexity index is 1300. The average molecular weight is 469 g/mol. The van der Waals surface area contributed by atoms with Gasteiger partial charge in [0, 0.05) is 24.6 Å². The molecule has 1 atom stereocenters. The van der Waals surface area contributed by atoms with Crippen molar-refractivity contribution in [2.45, 2.75) is 32.0 Å². The van der Waals surface area contributed by atoms with E-state index in [-0.39, 0.29) is 23.6 Å². The van der Waals surface area contributed by atoms with Crippen molar-refractivity contribution in [3.05, 3.63) is 76.5 Å². The number of anilines is 1. The van der Waals surface area contributed by atoms with Crippen molar-refractivity contribution in [3.8, 4) is 0 Å². The molecule has 0 saturated carbocycles. The fourth-order valence-corrected chi connectivity index (χ4v) is 4.36. The number of alkyl halides is 3.